The van der Waals surface area contributed by atoms with E-state index in [9.17, 15) is 10.1 Å². The SMILES string of the molecule is CCC1(OCCCOc2ccc([N+](=O)[O-])cc2)COC(C)(C)OC1. The van der Waals surface area contributed by atoms with E-state index < -0.39 is 16.3 Å². The van der Waals surface area contributed by atoms with Gasteiger partial charge in [-0.2, -0.15) is 0 Å². The molecule has 1 saturated heterocycles. The van der Waals surface area contributed by atoms with Crippen LogP contribution in [0, 0.1) is 10.1 Å². The summed E-state index contributed by atoms with van der Waals surface area (Å²) < 4.78 is 22.9. The number of non-ortho nitro benzene ring substituents is 1. The standard InChI is InChI=1S/C17H25NO6/c1-4-17(12-23-16(2,3)24-13-17)22-11-5-10-21-15-8-6-14(7-9-15)18(19)20/h6-9H,4-5,10-13H2,1-3H3. The molecule has 1 fully saturated rings. The van der Waals surface area contributed by atoms with Gasteiger partial charge in [-0.15, -0.1) is 0 Å². The van der Waals surface area contributed by atoms with Gasteiger partial charge in [0.2, 0.25) is 0 Å². The highest BCUT2D eigenvalue weighted by atomic mass is 16.7. The van der Waals surface area contributed by atoms with Gasteiger partial charge in [-0.25, -0.2) is 0 Å². The lowest BCUT2D eigenvalue weighted by Crippen LogP contribution is -2.52. The van der Waals surface area contributed by atoms with Crippen molar-refractivity contribution in [2.45, 2.75) is 45.0 Å². The zero-order valence-corrected chi connectivity index (χ0v) is 14.4. The van der Waals surface area contributed by atoms with Crippen molar-refractivity contribution in [3.8, 4) is 5.75 Å². The van der Waals surface area contributed by atoms with E-state index in [1.807, 2.05) is 13.8 Å². The van der Waals surface area contributed by atoms with Crippen molar-refractivity contribution in [3.05, 3.63) is 34.4 Å². The molecule has 0 N–H and O–H groups in total. The van der Waals surface area contributed by atoms with Crippen molar-refractivity contribution in [1.82, 2.24) is 0 Å². The van der Waals surface area contributed by atoms with Crippen LogP contribution >= 0.6 is 0 Å². The van der Waals surface area contributed by atoms with Gasteiger partial charge in [0, 0.05) is 18.6 Å². The Kier molecular flexibility index (Phi) is 6.15. The lowest BCUT2D eigenvalue weighted by Gasteiger charge is -2.42. The monoisotopic (exact) mass is 339 g/mol. The maximum absolute atomic E-state index is 10.6. The Balaban J connectivity index is 1.69. The molecule has 0 radical (unpaired) electrons. The summed E-state index contributed by atoms with van der Waals surface area (Å²) in [6.45, 7) is 7.88. The molecule has 24 heavy (non-hydrogen) atoms. The molecular formula is C17H25NO6. The fraction of sp³-hybridized carbons (Fsp3) is 0.647. The maximum Gasteiger partial charge on any atom is 0.269 e. The van der Waals surface area contributed by atoms with Gasteiger partial charge >= 0.3 is 0 Å². The van der Waals surface area contributed by atoms with Crippen molar-refractivity contribution >= 4 is 5.69 Å². The van der Waals surface area contributed by atoms with Gasteiger partial charge in [0.05, 0.1) is 31.4 Å². The first-order valence-electron chi connectivity index (χ1n) is 8.15. The van der Waals surface area contributed by atoms with Gasteiger partial charge in [0.1, 0.15) is 11.4 Å². The predicted octanol–water partition coefficient (Wildman–Crippen LogP) is 3.31. The molecule has 0 amide bonds. The molecule has 7 nitrogen and oxygen atoms in total. The minimum Gasteiger partial charge on any atom is -0.494 e. The first kappa shape index (κ1) is 18.6. The van der Waals surface area contributed by atoms with Crippen molar-refractivity contribution < 1.29 is 23.9 Å². The van der Waals surface area contributed by atoms with E-state index in [-0.39, 0.29) is 5.69 Å². The Hall–Kier alpha value is -1.70. The Morgan fingerprint density at radius 3 is 2.33 bits per heavy atom. The summed E-state index contributed by atoms with van der Waals surface area (Å²) in [7, 11) is 0. The maximum atomic E-state index is 10.6. The van der Waals surface area contributed by atoms with Crippen molar-refractivity contribution in [2.75, 3.05) is 26.4 Å². The first-order chi connectivity index (χ1) is 11.4. The molecular weight excluding hydrogens is 314 g/mol. The number of rotatable bonds is 8. The largest absolute Gasteiger partial charge is 0.494 e. The number of nitro groups is 1. The van der Waals surface area contributed by atoms with Crippen molar-refractivity contribution in [3.63, 3.8) is 0 Å². The Bertz CT molecular complexity index is 533. The molecule has 134 valence electrons. The summed E-state index contributed by atoms with van der Waals surface area (Å²) in [5.41, 5.74) is -0.348. The predicted molar refractivity (Wildman–Crippen MR) is 88.2 cm³/mol. The number of hydrogen-bond acceptors (Lipinski definition) is 6. The average Bonchev–Trinajstić information content (AvgIpc) is 2.57. The fourth-order valence-electron chi connectivity index (χ4n) is 2.29. The Morgan fingerprint density at radius 2 is 1.79 bits per heavy atom. The lowest BCUT2D eigenvalue weighted by atomic mass is 10.0. The van der Waals surface area contributed by atoms with Crippen LogP contribution in [0.15, 0.2) is 24.3 Å². The minimum atomic E-state index is -0.555. The van der Waals surface area contributed by atoms with E-state index in [1.54, 1.807) is 12.1 Å². The van der Waals surface area contributed by atoms with E-state index in [4.69, 9.17) is 18.9 Å². The molecule has 0 bridgehead atoms. The van der Waals surface area contributed by atoms with Gasteiger partial charge in [0.25, 0.3) is 5.69 Å². The van der Waals surface area contributed by atoms with Crippen LogP contribution in [0.3, 0.4) is 0 Å². The third-order valence-corrected chi connectivity index (χ3v) is 4.02. The van der Waals surface area contributed by atoms with E-state index in [0.717, 1.165) is 6.42 Å². The zero-order valence-electron chi connectivity index (χ0n) is 14.4. The van der Waals surface area contributed by atoms with E-state index in [0.29, 0.717) is 38.6 Å². The lowest BCUT2D eigenvalue weighted by molar-refractivity contribution is -0.384. The molecule has 2 rings (SSSR count). The second kappa shape index (κ2) is 7.92. The van der Waals surface area contributed by atoms with E-state index in [1.165, 1.54) is 12.1 Å². The molecule has 0 unspecified atom stereocenters. The number of benzene rings is 1. The van der Waals surface area contributed by atoms with Crippen LogP contribution in [0.4, 0.5) is 5.69 Å². The highest BCUT2D eigenvalue weighted by Gasteiger charge is 2.39. The summed E-state index contributed by atoms with van der Waals surface area (Å²) in [6, 6.07) is 6.04. The van der Waals surface area contributed by atoms with Gasteiger partial charge in [0.15, 0.2) is 5.79 Å². The molecule has 0 aromatic heterocycles. The van der Waals surface area contributed by atoms with Crippen LogP contribution in [0.2, 0.25) is 0 Å². The third kappa shape index (κ3) is 5.15. The van der Waals surface area contributed by atoms with Crippen molar-refractivity contribution in [1.29, 1.82) is 0 Å². The van der Waals surface area contributed by atoms with Crippen LogP contribution in [0.1, 0.15) is 33.6 Å². The molecule has 0 aliphatic carbocycles. The summed E-state index contributed by atoms with van der Waals surface area (Å²) in [5, 5.41) is 10.6. The highest BCUT2D eigenvalue weighted by molar-refractivity contribution is 5.35. The van der Waals surface area contributed by atoms with Crippen LogP contribution in [0.25, 0.3) is 0 Å². The highest BCUT2D eigenvalue weighted by Crippen LogP contribution is 2.28. The minimum absolute atomic E-state index is 0.0517. The van der Waals surface area contributed by atoms with Crippen LogP contribution < -0.4 is 4.74 Å². The normalized spacial score (nSPS) is 19.0. The molecule has 1 aromatic rings. The molecule has 1 aliphatic heterocycles. The number of ether oxygens (including phenoxy) is 4. The van der Waals surface area contributed by atoms with Crippen molar-refractivity contribution in [2.24, 2.45) is 0 Å². The second-order valence-corrected chi connectivity index (χ2v) is 6.32. The smallest absolute Gasteiger partial charge is 0.269 e. The quantitative estimate of drug-likeness (QED) is 0.411. The zero-order chi connectivity index (χ0) is 17.6. The Morgan fingerprint density at radius 1 is 1.17 bits per heavy atom. The molecule has 0 saturated carbocycles. The molecule has 1 aromatic carbocycles. The molecule has 0 spiro atoms. The number of nitrogens with zero attached hydrogens (tertiary/aromatic N) is 1. The summed E-state index contributed by atoms with van der Waals surface area (Å²) in [5.74, 6) is 0.0537. The summed E-state index contributed by atoms with van der Waals surface area (Å²) in [4.78, 5) is 10.2. The number of nitro benzene ring substituents is 1. The molecule has 1 heterocycles. The van der Waals surface area contributed by atoms with E-state index >= 15 is 0 Å². The molecule has 1 aliphatic rings. The van der Waals surface area contributed by atoms with Gasteiger partial charge in [-0.3, -0.25) is 10.1 Å². The fourth-order valence-corrected chi connectivity index (χ4v) is 2.29. The molecule has 0 atom stereocenters. The number of hydrogen-bond donors (Lipinski definition) is 0. The van der Waals surface area contributed by atoms with E-state index in [2.05, 4.69) is 6.92 Å². The topological polar surface area (TPSA) is 80.1 Å². The Labute approximate surface area is 142 Å². The van der Waals surface area contributed by atoms with Gasteiger partial charge < -0.3 is 18.9 Å². The summed E-state index contributed by atoms with van der Waals surface area (Å²) in [6.07, 6.45) is 1.52. The molecule has 7 heteroatoms. The second-order valence-electron chi connectivity index (χ2n) is 6.32. The third-order valence-electron chi connectivity index (χ3n) is 4.02. The average molecular weight is 339 g/mol. The van der Waals surface area contributed by atoms with Crippen LogP contribution in [-0.2, 0) is 14.2 Å². The summed E-state index contributed by atoms with van der Waals surface area (Å²) >= 11 is 0. The van der Waals surface area contributed by atoms with Crippen LogP contribution in [-0.4, -0.2) is 42.7 Å². The van der Waals surface area contributed by atoms with Gasteiger partial charge in [-0.05, 0) is 32.4 Å². The van der Waals surface area contributed by atoms with Crippen LogP contribution in [0.5, 0.6) is 5.75 Å². The first-order valence-corrected chi connectivity index (χ1v) is 8.15. The van der Waals surface area contributed by atoms with Gasteiger partial charge in [-0.1, -0.05) is 6.92 Å².